The zero-order chi connectivity index (χ0) is 9.26. The molecule has 1 aliphatic rings. The van der Waals surface area contributed by atoms with Gasteiger partial charge in [-0.05, 0) is 31.9 Å². The minimum Gasteiger partial charge on any atom is -0.368 e. The Bertz CT molecular complexity index is 304. The highest BCUT2D eigenvalue weighted by atomic mass is 15.0. The quantitative estimate of drug-likeness (QED) is 0.667. The summed E-state index contributed by atoms with van der Waals surface area (Å²) in [5, 5.41) is 3.40. The molecule has 1 atom stereocenters. The third-order valence-electron chi connectivity index (χ3n) is 2.42. The molecule has 70 valence electrons. The van der Waals surface area contributed by atoms with Crippen molar-refractivity contribution >= 4 is 5.95 Å². The molecule has 1 unspecified atom stereocenters. The van der Waals surface area contributed by atoms with Gasteiger partial charge in [-0.2, -0.15) is 0 Å². The van der Waals surface area contributed by atoms with Gasteiger partial charge < -0.3 is 11.1 Å². The lowest BCUT2D eigenvalue weighted by Gasteiger charge is -2.11. The molecule has 2 heterocycles. The average molecular weight is 178 g/mol. The average Bonchev–Trinajstić information content (AvgIpc) is 2.61. The number of rotatable bonds is 1. The van der Waals surface area contributed by atoms with Crippen LogP contribution in [0.1, 0.15) is 30.1 Å². The summed E-state index contributed by atoms with van der Waals surface area (Å²) >= 11 is 0. The zero-order valence-electron chi connectivity index (χ0n) is 7.75. The third kappa shape index (κ3) is 1.62. The number of nitrogen functional groups attached to an aromatic ring is 1. The molecule has 0 amide bonds. The van der Waals surface area contributed by atoms with E-state index in [1.807, 2.05) is 6.92 Å². The Morgan fingerprint density at radius 1 is 1.62 bits per heavy atom. The Labute approximate surface area is 77.6 Å². The highest BCUT2D eigenvalue weighted by Crippen LogP contribution is 2.23. The molecular formula is C9H14N4. The Morgan fingerprint density at radius 2 is 2.46 bits per heavy atom. The van der Waals surface area contributed by atoms with Crippen LogP contribution in [0.2, 0.25) is 0 Å². The fraction of sp³-hybridized carbons (Fsp3) is 0.556. The summed E-state index contributed by atoms with van der Waals surface area (Å²) in [5.74, 6) is 0.370. The first-order valence-electron chi connectivity index (χ1n) is 4.60. The van der Waals surface area contributed by atoms with E-state index in [1.54, 1.807) is 6.20 Å². The van der Waals surface area contributed by atoms with Crippen LogP contribution >= 0.6 is 0 Å². The summed E-state index contributed by atoms with van der Waals surface area (Å²) in [4.78, 5) is 8.21. The predicted octanol–water partition coefficient (Wildman–Crippen LogP) is 0.792. The third-order valence-corrected chi connectivity index (χ3v) is 2.42. The Morgan fingerprint density at radius 3 is 3.15 bits per heavy atom. The van der Waals surface area contributed by atoms with Crippen molar-refractivity contribution in [2.75, 3.05) is 12.3 Å². The van der Waals surface area contributed by atoms with E-state index in [0.717, 1.165) is 24.2 Å². The fourth-order valence-corrected chi connectivity index (χ4v) is 1.74. The van der Waals surface area contributed by atoms with Crippen molar-refractivity contribution in [1.82, 2.24) is 15.3 Å². The van der Waals surface area contributed by atoms with E-state index in [9.17, 15) is 0 Å². The van der Waals surface area contributed by atoms with Crippen LogP contribution in [0.4, 0.5) is 5.95 Å². The summed E-state index contributed by atoms with van der Waals surface area (Å²) in [5.41, 5.74) is 7.72. The number of aromatic nitrogens is 2. The van der Waals surface area contributed by atoms with E-state index < -0.39 is 0 Å². The van der Waals surface area contributed by atoms with Gasteiger partial charge in [0.25, 0.3) is 0 Å². The van der Waals surface area contributed by atoms with Crippen molar-refractivity contribution in [2.45, 2.75) is 25.8 Å². The van der Waals surface area contributed by atoms with Gasteiger partial charge in [0.1, 0.15) is 0 Å². The molecule has 0 radical (unpaired) electrons. The molecule has 0 bridgehead atoms. The van der Waals surface area contributed by atoms with Crippen molar-refractivity contribution < 1.29 is 0 Å². The molecule has 1 aromatic rings. The standard InChI is InChI=1S/C9H14N4/c1-6-5-12-9(10)13-8(6)7-3-2-4-11-7/h5,7,11H,2-4H2,1H3,(H2,10,12,13). The van der Waals surface area contributed by atoms with Gasteiger partial charge in [-0.25, -0.2) is 9.97 Å². The molecule has 1 saturated heterocycles. The van der Waals surface area contributed by atoms with Crippen LogP contribution in [0.25, 0.3) is 0 Å². The highest BCUT2D eigenvalue weighted by Gasteiger charge is 2.19. The number of nitrogens with two attached hydrogens (primary N) is 1. The lowest BCUT2D eigenvalue weighted by Crippen LogP contribution is -2.16. The molecule has 1 aliphatic heterocycles. The van der Waals surface area contributed by atoms with Crippen LogP contribution in [0.5, 0.6) is 0 Å². The topological polar surface area (TPSA) is 63.8 Å². The molecule has 4 nitrogen and oxygen atoms in total. The molecule has 2 rings (SSSR count). The smallest absolute Gasteiger partial charge is 0.220 e. The number of aryl methyl sites for hydroxylation is 1. The molecule has 0 aromatic carbocycles. The SMILES string of the molecule is Cc1cnc(N)nc1C1CCCN1. The van der Waals surface area contributed by atoms with Crippen molar-refractivity contribution in [3.63, 3.8) is 0 Å². The van der Waals surface area contributed by atoms with Gasteiger partial charge in [0.15, 0.2) is 0 Å². The molecule has 3 N–H and O–H groups in total. The van der Waals surface area contributed by atoms with E-state index >= 15 is 0 Å². The molecular weight excluding hydrogens is 164 g/mol. The summed E-state index contributed by atoms with van der Waals surface area (Å²) in [6.45, 7) is 3.10. The summed E-state index contributed by atoms with van der Waals surface area (Å²) < 4.78 is 0. The van der Waals surface area contributed by atoms with Gasteiger partial charge in [-0.3, -0.25) is 0 Å². The summed E-state index contributed by atoms with van der Waals surface area (Å²) in [7, 11) is 0. The maximum Gasteiger partial charge on any atom is 0.220 e. The first-order chi connectivity index (χ1) is 6.27. The normalized spacial score (nSPS) is 22.1. The highest BCUT2D eigenvalue weighted by molar-refractivity contribution is 5.26. The van der Waals surface area contributed by atoms with E-state index in [-0.39, 0.29) is 0 Å². The Balaban J connectivity index is 2.32. The second-order valence-corrected chi connectivity index (χ2v) is 3.45. The molecule has 4 heteroatoms. The Kier molecular flexibility index (Phi) is 2.14. The fourth-order valence-electron chi connectivity index (χ4n) is 1.74. The van der Waals surface area contributed by atoms with Crippen LogP contribution in [-0.4, -0.2) is 16.5 Å². The van der Waals surface area contributed by atoms with Crippen molar-refractivity contribution in [1.29, 1.82) is 0 Å². The number of hydrogen-bond donors (Lipinski definition) is 2. The minimum atomic E-state index is 0.370. The monoisotopic (exact) mass is 178 g/mol. The predicted molar refractivity (Wildman–Crippen MR) is 51.2 cm³/mol. The largest absolute Gasteiger partial charge is 0.368 e. The van der Waals surface area contributed by atoms with Gasteiger partial charge in [-0.15, -0.1) is 0 Å². The van der Waals surface area contributed by atoms with E-state index in [2.05, 4.69) is 15.3 Å². The van der Waals surface area contributed by atoms with Crippen LogP contribution in [0.3, 0.4) is 0 Å². The lowest BCUT2D eigenvalue weighted by molar-refractivity contribution is 0.622. The van der Waals surface area contributed by atoms with Gasteiger partial charge in [0.2, 0.25) is 5.95 Å². The van der Waals surface area contributed by atoms with E-state index in [0.29, 0.717) is 12.0 Å². The van der Waals surface area contributed by atoms with Gasteiger partial charge in [0.05, 0.1) is 5.69 Å². The maximum absolute atomic E-state index is 5.55. The molecule has 0 spiro atoms. The van der Waals surface area contributed by atoms with E-state index in [4.69, 9.17) is 5.73 Å². The first-order valence-corrected chi connectivity index (χ1v) is 4.60. The molecule has 1 fully saturated rings. The van der Waals surface area contributed by atoms with Crippen LogP contribution < -0.4 is 11.1 Å². The lowest BCUT2D eigenvalue weighted by atomic mass is 10.1. The van der Waals surface area contributed by atoms with Crippen LogP contribution in [0, 0.1) is 6.92 Å². The second kappa shape index (κ2) is 3.30. The van der Waals surface area contributed by atoms with Crippen LogP contribution in [0.15, 0.2) is 6.20 Å². The van der Waals surface area contributed by atoms with Crippen LogP contribution in [-0.2, 0) is 0 Å². The number of nitrogens with one attached hydrogen (secondary N) is 1. The van der Waals surface area contributed by atoms with E-state index in [1.165, 1.54) is 6.42 Å². The van der Waals surface area contributed by atoms with Gasteiger partial charge in [-0.1, -0.05) is 0 Å². The molecule has 0 saturated carbocycles. The zero-order valence-corrected chi connectivity index (χ0v) is 7.75. The molecule has 1 aromatic heterocycles. The number of anilines is 1. The summed E-state index contributed by atoms with van der Waals surface area (Å²) in [6, 6.07) is 0.380. The Hall–Kier alpha value is -1.16. The van der Waals surface area contributed by atoms with Crippen molar-refractivity contribution in [3.8, 4) is 0 Å². The number of hydrogen-bond acceptors (Lipinski definition) is 4. The van der Waals surface area contributed by atoms with Crippen molar-refractivity contribution in [3.05, 3.63) is 17.5 Å². The minimum absolute atomic E-state index is 0.370. The first kappa shape index (κ1) is 8.44. The number of nitrogens with zero attached hydrogens (tertiary/aromatic N) is 2. The maximum atomic E-state index is 5.55. The molecule has 0 aliphatic carbocycles. The van der Waals surface area contributed by atoms with Crippen molar-refractivity contribution in [2.24, 2.45) is 0 Å². The second-order valence-electron chi connectivity index (χ2n) is 3.45. The molecule has 13 heavy (non-hydrogen) atoms. The van der Waals surface area contributed by atoms with Gasteiger partial charge in [0, 0.05) is 12.2 Å². The van der Waals surface area contributed by atoms with Gasteiger partial charge >= 0.3 is 0 Å². The summed E-state index contributed by atoms with van der Waals surface area (Å²) in [6.07, 6.45) is 4.16.